The van der Waals surface area contributed by atoms with Crippen molar-refractivity contribution >= 4 is 27.3 Å². The Morgan fingerprint density at radius 2 is 1.68 bits per heavy atom. The van der Waals surface area contributed by atoms with E-state index >= 15 is 0 Å². The minimum absolute atomic E-state index is 0.776. The second-order valence-corrected chi connectivity index (χ2v) is 5.91. The number of halogens is 1. The molecule has 0 aromatic heterocycles. The van der Waals surface area contributed by atoms with Gasteiger partial charge in [-0.25, -0.2) is 0 Å². The molecule has 0 saturated heterocycles. The maximum Gasteiger partial charge on any atom is 0.0458 e. The SMILES string of the molecule is Cc1cc(C)cc(N(C)Cc2ccc(N)c(Br)c2)c1. The third-order valence-corrected chi connectivity index (χ3v) is 3.82. The first-order valence-corrected chi connectivity index (χ1v) is 7.08. The van der Waals surface area contributed by atoms with Gasteiger partial charge in [-0.05, 0) is 70.7 Å². The number of hydrogen-bond acceptors (Lipinski definition) is 2. The van der Waals surface area contributed by atoms with Crippen LogP contribution in [0, 0.1) is 13.8 Å². The summed E-state index contributed by atoms with van der Waals surface area (Å²) in [5.74, 6) is 0. The van der Waals surface area contributed by atoms with Crippen molar-refractivity contribution in [3.05, 3.63) is 57.6 Å². The summed E-state index contributed by atoms with van der Waals surface area (Å²) in [6.45, 7) is 5.12. The molecule has 0 saturated carbocycles. The predicted molar refractivity (Wildman–Crippen MR) is 86.6 cm³/mol. The predicted octanol–water partition coefficient (Wildman–Crippen LogP) is 4.28. The highest BCUT2D eigenvalue weighted by Crippen LogP contribution is 2.23. The van der Waals surface area contributed by atoms with Gasteiger partial charge in [-0.1, -0.05) is 12.1 Å². The number of anilines is 2. The van der Waals surface area contributed by atoms with E-state index in [4.69, 9.17) is 5.73 Å². The molecule has 2 aromatic carbocycles. The second-order valence-electron chi connectivity index (χ2n) is 5.06. The molecule has 0 fully saturated rings. The molecule has 2 N–H and O–H groups in total. The highest BCUT2D eigenvalue weighted by molar-refractivity contribution is 9.10. The molecular weight excluding hydrogens is 300 g/mol. The Balaban J connectivity index is 2.20. The van der Waals surface area contributed by atoms with Crippen LogP contribution in [0.15, 0.2) is 40.9 Å². The fraction of sp³-hybridized carbons (Fsp3) is 0.250. The molecular formula is C16H19BrN2. The average Bonchev–Trinajstić information content (AvgIpc) is 2.32. The van der Waals surface area contributed by atoms with Gasteiger partial charge in [0.1, 0.15) is 0 Å². The van der Waals surface area contributed by atoms with Gasteiger partial charge >= 0.3 is 0 Å². The first kappa shape index (κ1) is 13.9. The fourth-order valence-corrected chi connectivity index (χ4v) is 2.63. The minimum Gasteiger partial charge on any atom is -0.398 e. The van der Waals surface area contributed by atoms with E-state index in [-0.39, 0.29) is 0 Å². The Kier molecular flexibility index (Phi) is 4.15. The molecule has 0 atom stereocenters. The van der Waals surface area contributed by atoms with Gasteiger partial charge in [-0.2, -0.15) is 0 Å². The molecule has 0 spiro atoms. The van der Waals surface area contributed by atoms with Gasteiger partial charge in [0.2, 0.25) is 0 Å². The summed E-state index contributed by atoms with van der Waals surface area (Å²) in [6, 6.07) is 12.7. The molecule has 2 nitrogen and oxygen atoms in total. The van der Waals surface area contributed by atoms with Crippen LogP contribution >= 0.6 is 15.9 Å². The molecule has 0 aliphatic rings. The van der Waals surface area contributed by atoms with E-state index in [2.05, 4.69) is 72.1 Å². The van der Waals surface area contributed by atoms with Crippen LogP contribution in [-0.4, -0.2) is 7.05 Å². The van der Waals surface area contributed by atoms with E-state index in [1.165, 1.54) is 22.4 Å². The van der Waals surface area contributed by atoms with E-state index < -0.39 is 0 Å². The lowest BCUT2D eigenvalue weighted by molar-refractivity contribution is 0.920. The maximum absolute atomic E-state index is 5.81. The summed E-state index contributed by atoms with van der Waals surface area (Å²) in [4.78, 5) is 2.25. The van der Waals surface area contributed by atoms with Crippen LogP contribution in [0.2, 0.25) is 0 Å². The van der Waals surface area contributed by atoms with Crippen molar-refractivity contribution in [2.75, 3.05) is 17.7 Å². The molecule has 2 aromatic rings. The number of benzene rings is 2. The molecule has 19 heavy (non-hydrogen) atoms. The minimum atomic E-state index is 0.776. The summed E-state index contributed by atoms with van der Waals surface area (Å²) < 4.78 is 0.957. The molecule has 0 aliphatic carbocycles. The Bertz CT molecular complexity index is 573. The molecule has 0 aliphatic heterocycles. The number of rotatable bonds is 3. The normalized spacial score (nSPS) is 10.5. The molecule has 0 radical (unpaired) electrons. The van der Waals surface area contributed by atoms with E-state index in [0.717, 1.165) is 16.7 Å². The number of aryl methyl sites for hydroxylation is 2. The van der Waals surface area contributed by atoms with Crippen molar-refractivity contribution in [1.82, 2.24) is 0 Å². The van der Waals surface area contributed by atoms with E-state index in [1.54, 1.807) is 0 Å². The Hall–Kier alpha value is -1.48. The number of hydrogen-bond donors (Lipinski definition) is 1. The van der Waals surface area contributed by atoms with Crippen molar-refractivity contribution in [2.45, 2.75) is 20.4 Å². The molecule has 0 heterocycles. The standard InChI is InChI=1S/C16H19BrN2/c1-11-6-12(2)8-14(7-11)19(3)10-13-4-5-16(18)15(17)9-13/h4-9H,10,18H2,1-3H3. The van der Waals surface area contributed by atoms with Crippen molar-refractivity contribution in [1.29, 1.82) is 0 Å². The van der Waals surface area contributed by atoms with Crippen LogP contribution < -0.4 is 10.6 Å². The smallest absolute Gasteiger partial charge is 0.0458 e. The quantitative estimate of drug-likeness (QED) is 0.856. The molecule has 2 rings (SSSR count). The van der Waals surface area contributed by atoms with E-state index in [9.17, 15) is 0 Å². The number of nitrogens with zero attached hydrogens (tertiary/aromatic N) is 1. The second kappa shape index (κ2) is 5.66. The number of nitrogen functional groups attached to an aromatic ring is 1. The molecule has 100 valence electrons. The largest absolute Gasteiger partial charge is 0.398 e. The van der Waals surface area contributed by atoms with Gasteiger partial charge in [0.25, 0.3) is 0 Å². The van der Waals surface area contributed by atoms with Gasteiger partial charge in [-0.15, -0.1) is 0 Å². The lowest BCUT2D eigenvalue weighted by atomic mass is 10.1. The van der Waals surface area contributed by atoms with Gasteiger partial charge in [-0.3, -0.25) is 0 Å². The Morgan fingerprint density at radius 1 is 1.05 bits per heavy atom. The summed E-state index contributed by atoms with van der Waals surface area (Å²) in [5, 5.41) is 0. The Labute approximate surface area is 123 Å². The molecule has 0 bridgehead atoms. The lowest BCUT2D eigenvalue weighted by Gasteiger charge is -2.21. The van der Waals surface area contributed by atoms with Gasteiger partial charge in [0, 0.05) is 29.4 Å². The first-order chi connectivity index (χ1) is 8.95. The van der Waals surface area contributed by atoms with Crippen LogP contribution in [-0.2, 0) is 6.54 Å². The third kappa shape index (κ3) is 3.51. The van der Waals surface area contributed by atoms with Crippen LogP contribution in [0.4, 0.5) is 11.4 Å². The zero-order chi connectivity index (χ0) is 14.0. The lowest BCUT2D eigenvalue weighted by Crippen LogP contribution is -2.16. The summed E-state index contributed by atoms with van der Waals surface area (Å²) in [6.07, 6.45) is 0. The highest BCUT2D eigenvalue weighted by Gasteiger charge is 2.05. The first-order valence-electron chi connectivity index (χ1n) is 6.29. The van der Waals surface area contributed by atoms with E-state index in [1.807, 2.05) is 6.07 Å². The van der Waals surface area contributed by atoms with Crippen molar-refractivity contribution in [3.63, 3.8) is 0 Å². The zero-order valence-electron chi connectivity index (χ0n) is 11.6. The van der Waals surface area contributed by atoms with E-state index in [0.29, 0.717) is 0 Å². The fourth-order valence-electron chi connectivity index (χ4n) is 2.21. The van der Waals surface area contributed by atoms with Crippen molar-refractivity contribution < 1.29 is 0 Å². The monoisotopic (exact) mass is 318 g/mol. The van der Waals surface area contributed by atoms with Gasteiger partial charge < -0.3 is 10.6 Å². The molecule has 0 amide bonds. The Morgan fingerprint density at radius 3 is 2.26 bits per heavy atom. The van der Waals surface area contributed by atoms with Crippen LogP contribution in [0.5, 0.6) is 0 Å². The zero-order valence-corrected chi connectivity index (χ0v) is 13.2. The average molecular weight is 319 g/mol. The summed E-state index contributed by atoms with van der Waals surface area (Å²) in [7, 11) is 2.11. The van der Waals surface area contributed by atoms with Crippen LogP contribution in [0.1, 0.15) is 16.7 Å². The highest BCUT2D eigenvalue weighted by atomic mass is 79.9. The van der Waals surface area contributed by atoms with Crippen molar-refractivity contribution in [2.24, 2.45) is 0 Å². The summed E-state index contributed by atoms with van der Waals surface area (Å²) in [5.41, 5.74) is 11.6. The van der Waals surface area contributed by atoms with Crippen molar-refractivity contribution in [3.8, 4) is 0 Å². The summed E-state index contributed by atoms with van der Waals surface area (Å²) >= 11 is 3.47. The topological polar surface area (TPSA) is 29.3 Å². The molecule has 0 unspecified atom stereocenters. The third-order valence-electron chi connectivity index (χ3n) is 3.13. The number of nitrogens with two attached hydrogens (primary N) is 1. The molecule has 3 heteroatoms. The van der Waals surface area contributed by atoms with Crippen LogP contribution in [0.25, 0.3) is 0 Å². The maximum atomic E-state index is 5.81. The van der Waals surface area contributed by atoms with Gasteiger partial charge in [0.15, 0.2) is 0 Å². The van der Waals surface area contributed by atoms with Crippen LogP contribution in [0.3, 0.4) is 0 Å². The van der Waals surface area contributed by atoms with Gasteiger partial charge in [0.05, 0.1) is 0 Å².